The molecular formula is C14H18F2N4. The number of alkyl halides is 2. The molecule has 1 aromatic rings. The number of hydrogen-bond acceptors (Lipinski definition) is 4. The molecule has 1 aromatic carbocycles. The molecule has 1 aliphatic carbocycles. The van der Waals surface area contributed by atoms with Crippen LogP contribution in [-0.4, -0.2) is 12.3 Å². The van der Waals surface area contributed by atoms with Gasteiger partial charge < -0.3 is 16.8 Å². The van der Waals surface area contributed by atoms with Gasteiger partial charge in [-0.3, -0.25) is 0 Å². The van der Waals surface area contributed by atoms with Crippen molar-refractivity contribution in [1.82, 2.24) is 0 Å². The second-order valence-corrected chi connectivity index (χ2v) is 5.63. The molecule has 1 unspecified atom stereocenters. The topological polar surface area (TPSA) is 76.4 Å². The minimum atomic E-state index is -2.57. The Morgan fingerprint density at radius 3 is 2.65 bits per heavy atom. The Morgan fingerprint density at radius 1 is 1.25 bits per heavy atom. The first-order valence-corrected chi connectivity index (χ1v) is 6.78. The van der Waals surface area contributed by atoms with Crippen molar-refractivity contribution in [3.8, 4) is 0 Å². The van der Waals surface area contributed by atoms with Gasteiger partial charge in [-0.25, -0.2) is 13.8 Å². The van der Waals surface area contributed by atoms with Crippen LogP contribution in [0.3, 0.4) is 0 Å². The number of nitrogens with two attached hydrogens (primary N) is 2. The first-order chi connectivity index (χ1) is 9.42. The third-order valence-corrected chi connectivity index (χ3v) is 4.35. The van der Waals surface area contributed by atoms with E-state index in [-0.39, 0.29) is 18.8 Å². The standard InChI is InChI=1S/C14H18F2N4/c15-13(16)6-4-9(5-7-13)14(18)10-2-1-3-11(17)12(10)19-8-20-14/h1-3,8-9H,4-7,17-18H2,(H,19,20). The summed E-state index contributed by atoms with van der Waals surface area (Å²) in [6, 6.07) is 5.46. The molecule has 1 fully saturated rings. The molecule has 1 atom stereocenters. The van der Waals surface area contributed by atoms with Gasteiger partial charge in [-0.05, 0) is 18.9 Å². The molecular weight excluding hydrogens is 262 g/mol. The molecule has 2 aliphatic rings. The largest absolute Gasteiger partial charge is 0.397 e. The van der Waals surface area contributed by atoms with Crippen molar-refractivity contribution in [2.24, 2.45) is 16.6 Å². The van der Waals surface area contributed by atoms with E-state index in [1.807, 2.05) is 12.1 Å². The van der Waals surface area contributed by atoms with E-state index in [2.05, 4.69) is 10.3 Å². The van der Waals surface area contributed by atoms with Crippen LogP contribution in [0.25, 0.3) is 0 Å². The zero-order valence-electron chi connectivity index (χ0n) is 11.1. The summed E-state index contributed by atoms with van der Waals surface area (Å²) < 4.78 is 26.6. The van der Waals surface area contributed by atoms with Gasteiger partial charge in [0.2, 0.25) is 5.92 Å². The van der Waals surface area contributed by atoms with Crippen molar-refractivity contribution in [2.75, 3.05) is 11.1 Å². The zero-order valence-corrected chi connectivity index (χ0v) is 11.1. The summed E-state index contributed by atoms with van der Waals surface area (Å²) in [7, 11) is 0. The highest BCUT2D eigenvalue weighted by Crippen LogP contribution is 2.47. The number of fused-ring (bicyclic) bond motifs is 1. The molecule has 1 aliphatic heterocycles. The van der Waals surface area contributed by atoms with Crippen LogP contribution >= 0.6 is 0 Å². The highest BCUT2D eigenvalue weighted by Gasteiger charge is 2.45. The van der Waals surface area contributed by atoms with Gasteiger partial charge >= 0.3 is 0 Å². The number of rotatable bonds is 1. The molecule has 1 saturated carbocycles. The molecule has 0 radical (unpaired) electrons. The number of nitrogens with one attached hydrogen (secondary N) is 1. The van der Waals surface area contributed by atoms with Crippen molar-refractivity contribution in [3.05, 3.63) is 23.8 Å². The monoisotopic (exact) mass is 280 g/mol. The molecule has 0 amide bonds. The van der Waals surface area contributed by atoms with Gasteiger partial charge in [-0.15, -0.1) is 0 Å². The normalized spacial score (nSPS) is 28.8. The summed E-state index contributed by atoms with van der Waals surface area (Å²) in [5.41, 5.74) is 13.5. The molecule has 0 saturated heterocycles. The lowest BCUT2D eigenvalue weighted by Crippen LogP contribution is -2.47. The summed E-state index contributed by atoms with van der Waals surface area (Å²) in [5, 5.41) is 3.00. The van der Waals surface area contributed by atoms with Gasteiger partial charge in [-0.1, -0.05) is 12.1 Å². The zero-order chi connectivity index (χ0) is 14.4. The van der Waals surface area contributed by atoms with Crippen molar-refractivity contribution >= 4 is 17.7 Å². The van der Waals surface area contributed by atoms with E-state index >= 15 is 0 Å². The van der Waals surface area contributed by atoms with E-state index < -0.39 is 11.6 Å². The predicted octanol–water partition coefficient (Wildman–Crippen LogP) is 2.66. The minimum absolute atomic E-state index is 0.0963. The fourth-order valence-corrected chi connectivity index (χ4v) is 3.14. The molecule has 5 N–H and O–H groups in total. The van der Waals surface area contributed by atoms with Crippen LogP contribution < -0.4 is 16.8 Å². The Bertz CT molecular complexity index is 548. The van der Waals surface area contributed by atoms with E-state index in [1.54, 1.807) is 6.07 Å². The Labute approximate surface area is 116 Å². The summed E-state index contributed by atoms with van der Waals surface area (Å²) in [5.74, 6) is -2.66. The minimum Gasteiger partial charge on any atom is -0.397 e. The van der Waals surface area contributed by atoms with Gasteiger partial charge in [0.05, 0.1) is 17.7 Å². The Kier molecular flexibility index (Phi) is 2.93. The lowest BCUT2D eigenvalue weighted by Gasteiger charge is -2.41. The number of hydrogen-bond donors (Lipinski definition) is 3. The number of benzene rings is 1. The highest BCUT2D eigenvalue weighted by molar-refractivity contribution is 5.87. The van der Waals surface area contributed by atoms with Gasteiger partial charge in [0.25, 0.3) is 0 Å². The first-order valence-electron chi connectivity index (χ1n) is 6.78. The molecule has 20 heavy (non-hydrogen) atoms. The van der Waals surface area contributed by atoms with Crippen LogP contribution in [-0.2, 0) is 5.66 Å². The van der Waals surface area contributed by atoms with Crippen LogP contribution in [0, 0.1) is 5.92 Å². The molecule has 4 nitrogen and oxygen atoms in total. The van der Waals surface area contributed by atoms with Crippen molar-refractivity contribution < 1.29 is 8.78 Å². The van der Waals surface area contributed by atoms with Crippen LogP contribution in [0.4, 0.5) is 20.2 Å². The summed E-state index contributed by atoms with van der Waals surface area (Å²) in [4.78, 5) is 4.36. The fourth-order valence-electron chi connectivity index (χ4n) is 3.14. The number of para-hydroxylation sites is 1. The number of nitrogen functional groups attached to an aromatic ring is 1. The molecule has 0 aromatic heterocycles. The third kappa shape index (κ3) is 2.04. The van der Waals surface area contributed by atoms with Gasteiger partial charge in [-0.2, -0.15) is 0 Å². The molecule has 6 heteroatoms. The summed E-state index contributed by atoms with van der Waals surface area (Å²) in [6.45, 7) is 0. The molecule has 0 bridgehead atoms. The summed E-state index contributed by atoms with van der Waals surface area (Å²) in [6.07, 6.45) is 2.00. The maximum Gasteiger partial charge on any atom is 0.248 e. The van der Waals surface area contributed by atoms with E-state index in [9.17, 15) is 8.78 Å². The van der Waals surface area contributed by atoms with Crippen molar-refractivity contribution in [2.45, 2.75) is 37.3 Å². The number of anilines is 2. The Balaban J connectivity index is 1.95. The molecule has 108 valence electrons. The Morgan fingerprint density at radius 2 is 1.95 bits per heavy atom. The Hall–Kier alpha value is -1.69. The van der Waals surface area contributed by atoms with E-state index in [1.165, 1.54) is 6.34 Å². The van der Waals surface area contributed by atoms with Crippen molar-refractivity contribution in [1.29, 1.82) is 0 Å². The first kappa shape index (κ1) is 13.3. The third-order valence-electron chi connectivity index (χ3n) is 4.35. The number of aliphatic imine (C=N–C) groups is 1. The maximum atomic E-state index is 13.3. The second-order valence-electron chi connectivity index (χ2n) is 5.63. The van der Waals surface area contributed by atoms with Crippen LogP contribution in [0.1, 0.15) is 31.2 Å². The van der Waals surface area contributed by atoms with Gasteiger partial charge in [0.1, 0.15) is 5.66 Å². The molecule has 0 spiro atoms. The highest BCUT2D eigenvalue weighted by atomic mass is 19.3. The summed E-state index contributed by atoms with van der Waals surface area (Å²) >= 11 is 0. The SMILES string of the molecule is Nc1cccc2c1NC=NC2(N)C1CCC(F)(F)CC1. The molecule has 1 heterocycles. The fraction of sp³-hybridized carbons (Fsp3) is 0.500. The molecule has 3 rings (SSSR count). The quantitative estimate of drug-likeness (QED) is 0.692. The van der Waals surface area contributed by atoms with Gasteiger partial charge in [0, 0.05) is 24.3 Å². The average Bonchev–Trinajstić information content (AvgIpc) is 2.40. The lowest BCUT2D eigenvalue weighted by atomic mass is 9.75. The van der Waals surface area contributed by atoms with E-state index in [4.69, 9.17) is 11.5 Å². The van der Waals surface area contributed by atoms with Crippen molar-refractivity contribution in [3.63, 3.8) is 0 Å². The average molecular weight is 280 g/mol. The maximum absolute atomic E-state index is 13.3. The van der Waals surface area contributed by atoms with E-state index in [0.29, 0.717) is 18.5 Å². The lowest BCUT2D eigenvalue weighted by molar-refractivity contribution is -0.0546. The number of halogens is 2. The van der Waals surface area contributed by atoms with E-state index in [0.717, 1.165) is 11.3 Å². The smallest absolute Gasteiger partial charge is 0.248 e. The van der Waals surface area contributed by atoms with Crippen LogP contribution in [0.2, 0.25) is 0 Å². The second kappa shape index (κ2) is 4.41. The van der Waals surface area contributed by atoms with Crippen LogP contribution in [0.5, 0.6) is 0 Å². The number of nitrogens with zero attached hydrogens (tertiary/aromatic N) is 1. The predicted molar refractivity (Wildman–Crippen MR) is 75.7 cm³/mol. The van der Waals surface area contributed by atoms with Crippen LogP contribution in [0.15, 0.2) is 23.2 Å². The van der Waals surface area contributed by atoms with Gasteiger partial charge in [0.15, 0.2) is 0 Å².